The summed E-state index contributed by atoms with van der Waals surface area (Å²) in [6.07, 6.45) is 0. The minimum atomic E-state index is -0.215. The molecule has 92 valence electrons. The Labute approximate surface area is 101 Å². The number of rotatable bonds is 3. The molecule has 1 N–H and O–H groups in total. The summed E-state index contributed by atoms with van der Waals surface area (Å²) in [6.45, 7) is 6.12. The van der Waals surface area contributed by atoms with Crippen molar-refractivity contribution in [2.75, 3.05) is 7.05 Å². The zero-order valence-corrected chi connectivity index (χ0v) is 10.7. The maximum absolute atomic E-state index is 13.3. The molecular weight excluding hydrogens is 217 g/mol. The van der Waals surface area contributed by atoms with Gasteiger partial charge in [0.15, 0.2) is 0 Å². The van der Waals surface area contributed by atoms with Crippen LogP contribution in [0.25, 0.3) is 11.0 Å². The van der Waals surface area contributed by atoms with Crippen LogP contribution in [0, 0.1) is 18.7 Å². The SMILES string of the molecule is CNC(c1cc2cc(F)cc(C)c2o1)C(C)C. The smallest absolute Gasteiger partial charge is 0.137 e. The molecule has 2 rings (SSSR count). The molecule has 0 fully saturated rings. The van der Waals surface area contributed by atoms with Gasteiger partial charge in [0.05, 0.1) is 6.04 Å². The van der Waals surface area contributed by atoms with Gasteiger partial charge in [-0.05, 0) is 43.7 Å². The topological polar surface area (TPSA) is 25.2 Å². The number of halogens is 1. The lowest BCUT2D eigenvalue weighted by Crippen LogP contribution is -2.20. The summed E-state index contributed by atoms with van der Waals surface area (Å²) in [7, 11) is 1.91. The normalized spacial score (nSPS) is 13.5. The highest BCUT2D eigenvalue weighted by atomic mass is 19.1. The Bertz CT molecular complexity index is 530. The van der Waals surface area contributed by atoms with E-state index < -0.39 is 0 Å². The van der Waals surface area contributed by atoms with Crippen LogP contribution >= 0.6 is 0 Å². The van der Waals surface area contributed by atoms with Crippen LogP contribution in [0.1, 0.15) is 31.2 Å². The highest BCUT2D eigenvalue weighted by molar-refractivity contribution is 5.81. The van der Waals surface area contributed by atoms with Crippen LogP contribution in [0.4, 0.5) is 4.39 Å². The highest BCUT2D eigenvalue weighted by Crippen LogP contribution is 2.30. The minimum Gasteiger partial charge on any atom is -0.459 e. The largest absolute Gasteiger partial charge is 0.459 e. The van der Waals surface area contributed by atoms with Gasteiger partial charge in [-0.15, -0.1) is 0 Å². The first kappa shape index (κ1) is 12.1. The Kier molecular flexibility index (Phi) is 3.20. The van der Waals surface area contributed by atoms with Crippen molar-refractivity contribution < 1.29 is 8.81 Å². The fraction of sp³-hybridized carbons (Fsp3) is 0.429. The van der Waals surface area contributed by atoms with E-state index in [-0.39, 0.29) is 11.9 Å². The molecule has 1 atom stereocenters. The van der Waals surface area contributed by atoms with Crippen molar-refractivity contribution >= 4 is 11.0 Å². The third-order valence-electron chi connectivity index (χ3n) is 3.07. The van der Waals surface area contributed by atoms with Crippen molar-refractivity contribution in [2.45, 2.75) is 26.8 Å². The second kappa shape index (κ2) is 4.49. The Morgan fingerprint density at radius 2 is 1.94 bits per heavy atom. The maximum atomic E-state index is 13.3. The lowest BCUT2D eigenvalue weighted by atomic mass is 10.0. The van der Waals surface area contributed by atoms with E-state index in [1.807, 2.05) is 20.0 Å². The van der Waals surface area contributed by atoms with Crippen molar-refractivity contribution in [3.63, 3.8) is 0 Å². The van der Waals surface area contributed by atoms with Gasteiger partial charge in [-0.25, -0.2) is 4.39 Å². The van der Waals surface area contributed by atoms with E-state index in [0.29, 0.717) is 5.92 Å². The summed E-state index contributed by atoms with van der Waals surface area (Å²) in [4.78, 5) is 0. The lowest BCUT2D eigenvalue weighted by Gasteiger charge is -2.17. The monoisotopic (exact) mass is 235 g/mol. The highest BCUT2D eigenvalue weighted by Gasteiger charge is 2.18. The zero-order chi connectivity index (χ0) is 12.6. The summed E-state index contributed by atoms with van der Waals surface area (Å²) >= 11 is 0. The molecule has 0 saturated carbocycles. The van der Waals surface area contributed by atoms with E-state index in [0.717, 1.165) is 22.3 Å². The predicted octanol–water partition coefficient (Wildman–Crippen LogP) is 3.80. The van der Waals surface area contributed by atoms with E-state index in [1.165, 1.54) is 12.1 Å². The molecule has 2 aromatic rings. The second-order valence-electron chi connectivity index (χ2n) is 4.80. The van der Waals surface area contributed by atoms with E-state index in [4.69, 9.17) is 4.42 Å². The van der Waals surface area contributed by atoms with Crippen LogP contribution in [0.3, 0.4) is 0 Å². The van der Waals surface area contributed by atoms with Crippen LogP contribution in [0.2, 0.25) is 0 Å². The Morgan fingerprint density at radius 1 is 1.24 bits per heavy atom. The summed E-state index contributed by atoms with van der Waals surface area (Å²) < 4.78 is 19.1. The molecule has 0 saturated heterocycles. The van der Waals surface area contributed by atoms with Crippen LogP contribution < -0.4 is 5.32 Å². The van der Waals surface area contributed by atoms with Crippen molar-refractivity contribution in [1.29, 1.82) is 0 Å². The quantitative estimate of drug-likeness (QED) is 0.875. The van der Waals surface area contributed by atoms with E-state index in [9.17, 15) is 4.39 Å². The molecule has 1 aromatic carbocycles. The third kappa shape index (κ3) is 2.20. The maximum Gasteiger partial charge on any atom is 0.137 e. The van der Waals surface area contributed by atoms with E-state index in [2.05, 4.69) is 19.2 Å². The summed E-state index contributed by atoms with van der Waals surface area (Å²) in [5, 5.41) is 4.06. The molecule has 0 aliphatic heterocycles. The van der Waals surface area contributed by atoms with Crippen LogP contribution in [-0.4, -0.2) is 7.05 Å². The number of aryl methyl sites for hydroxylation is 1. The van der Waals surface area contributed by atoms with Crippen LogP contribution in [0.15, 0.2) is 22.6 Å². The van der Waals surface area contributed by atoms with Gasteiger partial charge in [0.25, 0.3) is 0 Å². The van der Waals surface area contributed by atoms with E-state index >= 15 is 0 Å². The fourth-order valence-corrected chi connectivity index (χ4v) is 2.26. The molecule has 0 spiro atoms. The Hall–Kier alpha value is -1.35. The average molecular weight is 235 g/mol. The van der Waals surface area contributed by atoms with Gasteiger partial charge >= 0.3 is 0 Å². The number of hydrogen-bond acceptors (Lipinski definition) is 2. The minimum absolute atomic E-state index is 0.157. The molecule has 1 aromatic heterocycles. The van der Waals surface area contributed by atoms with Crippen molar-refractivity contribution in [3.05, 3.63) is 35.3 Å². The van der Waals surface area contributed by atoms with Gasteiger partial charge in [0.1, 0.15) is 17.2 Å². The number of fused-ring (bicyclic) bond motifs is 1. The number of furan rings is 1. The summed E-state index contributed by atoms with van der Waals surface area (Å²) in [5.74, 6) is 1.07. The van der Waals surface area contributed by atoms with Crippen molar-refractivity contribution in [3.8, 4) is 0 Å². The summed E-state index contributed by atoms with van der Waals surface area (Å²) in [6, 6.07) is 5.10. The van der Waals surface area contributed by atoms with Crippen LogP contribution in [0.5, 0.6) is 0 Å². The summed E-state index contributed by atoms with van der Waals surface area (Å²) in [5.41, 5.74) is 1.62. The number of benzene rings is 1. The first-order valence-corrected chi connectivity index (χ1v) is 5.89. The molecule has 0 aliphatic carbocycles. The molecule has 17 heavy (non-hydrogen) atoms. The second-order valence-corrected chi connectivity index (χ2v) is 4.80. The van der Waals surface area contributed by atoms with Gasteiger partial charge < -0.3 is 9.73 Å². The van der Waals surface area contributed by atoms with Gasteiger partial charge in [-0.2, -0.15) is 0 Å². The Balaban J connectivity index is 2.54. The standard InChI is InChI=1S/C14H18FNO/c1-8(2)13(16-4)12-7-10-6-11(15)5-9(3)14(10)17-12/h5-8,13,16H,1-4H3. The molecular formula is C14H18FNO. The predicted molar refractivity (Wildman–Crippen MR) is 67.5 cm³/mol. The van der Waals surface area contributed by atoms with Crippen molar-refractivity contribution in [1.82, 2.24) is 5.32 Å². The molecule has 3 heteroatoms. The molecule has 0 radical (unpaired) electrons. The molecule has 0 aliphatic rings. The third-order valence-corrected chi connectivity index (χ3v) is 3.07. The lowest BCUT2D eigenvalue weighted by molar-refractivity contribution is 0.370. The number of nitrogens with one attached hydrogen (secondary N) is 1. The molecule has 0 amide bonds. The molecule has 2 nitrogen and oxygen atoms in total. The van der Waals surface area contributed by atoms with Crippen LogP contribution in [-0.2, 0) is 0 Å². The van der Waals surface area contributed by atoms with Gasteiger partial charge in [0.2, 0.25) is 0 Å². The Morgan fingerprint density at radius 3 is 2.53 bits per heavy atom. The van der Waals surface area contributed by atoms with Crippen molar-refractivity contribution in [2.24, 2.45) is 5.92 Å². The zero-order valence-electron chi connectivity index (χ0n) is 10.7. The molecule has 1 unspecified atom stereocenters. The first-order chi connectivity index (χ1) is 8.02. The fourth-order valence-electron chi connectivity index (χ4n) is 2.26. The first-order valence-electron chi connectivity index (χ1n) is 5.89. The van der Waals surface area contributed by atoms with Gasteiger partial charge in [-0.1, -0.05) is 13.8 Å². The van der Waals surface area contributed by atoms with Gasteiger partial charge in [0, 0.05) is 5.39 Å². The van der Waals surface area contributed by atoms with E-state index in [1.54, 1.807) is 0 Å². The number of hydrogen-bond donors (Lipinski definition) is 1. The average Bonchev–Trinajstić information content (AvgIpc) is 2.61. The molecule has 1 heterocycles. The molecule has 0 bridgehead atoms. The van der Waals surface area contributed by atoms with Gasteiger partial charge in [-0.3, -0.25) is 0 Å².